The number of methoxy groups -OCH3 is 1. The molecule has 2 fully saturated rings. The normalized spacial score (nSPS) is 21.9. The summed E-state index contributed by atoms with van der Waals surface area (Å²) >= 11 is 0. The number of ether oxygens (including phenoxy) is 1. The molecule has 2 amide bonds. The first-order valence-electron chi connectivity index (χ1n) is 10.4. The number of fused-ring (bicyclic) bond motifs is 1. The molecule has 3 aromatic carbocycles. The van der Waals surface area contributed by atoms with E-state index in [-0.39, 0.29) is 5.56 Å². The topological polar surface area (TPSA) is 96.4 Å². The highest BCUT2D eigenvalue weighted by atomic mass is 16.7. The third kappa shape index (κ3) is 3.32. The Morgan fingerprint density at radius 3 is 2.21 bits per heavy atom. The third-order valence-corrected chi connectivity index (χ3v) is 5.97. The van der Waals surface area contributed by atoms with E-state index < -0.39 is 35.8 Å². The molecule has 3 atom stereocenters. The zero-order chi connectivity index (χ0) is 23.1. The molecular weight excluding hydrogens is 424 g/mol. The third-order valence-electron chi connectivity index (χ3n) is 5.97. The highest BCUT2D eigenvalue weighted by Crippen LogP contribution is 2.48. The summed E-state index contributed by atoms with van der Waals surface area (Å²) in [5, 5.41) is 11.3. The van der Waals surface area contributed by atoms with Gasteiger partial charge in [0, 0.05) is 0 Å². The van der Waals surface area contributed by atoms with E-state index in [2.05, 4.69) is 0 Å². The molecule has 0 bridgehead atoms. The molecule has 0 unspecified atom stereocenters. The van der Waals surface area contributed by atoms with Crippen molar-refractivity contribution in [3.8, 4) is 5.75 Å². The highest BCUT2D eigenvalue weighted by molar-refractivity contribution is 6.24. The quantitative estimate of drug-likeness (QED) is 0.602. The zero-order valence-electron chi connectivity index (χ0n) is 17.6. The largest absolute Gasteiger partial charge is 0.497 e. The van der Waals surface area contributed by atoms with Crippen molar-refractivity contribution in [1.82, 2.24) is 0 Å². The monoisotopic (exact) mass is 444 g/mol. The van der Waals surface area contributed by atoms with Crippen molar-refractivity contribution in [2.24, 2.45) is 5.92 Å². The summed E-state index contributed by atoms with van der Waals surface area (Å²) < 4.78 is 5.16. The summed E-state index contributed by atoms with van der Waals surface area (Å²) in [6.07, 6.45) is -1.08. The molecule has 0 saturated carbocycles. The van der Waals surface area contributed by atoms with Gasteiger partial charge in [-0.25, -0.2) is 14.8 Å². The number of carbonyl (C=O) groups excluding carboxylic acids is 2. The van der Waals surface area contributed by atoms with Crippen LogP contribution in [0.15, 0.2) is 78.9 Å². The zero-order valence-corrected chi connectivity index (χ0v) is 17.6. The van der Waals surface area contributed by atoms with Gasteiger partial charge in [0.2, 0.25) is 5.91 Å². The number of benzene rings is 3. The van der Waals surface area contributed by atoms with Gasteiger partial charge in [-0.2, -0.15) is 0 Å². The second-order valence-electron chi connectivity index (χ2n) is 7.76. The van der Waals surface area contributed by atoms with E-state index in [1.165, 1.54) is 18.2 Å². The van der Waals surface area contributed by atoms with Gasteiger partial charge in [-0.15, -0.1) is 0 Å². The van der Waals surface area contributed by atoms with E-state index in [0.717, 1.165) is 4.90 Å². The molecular formula is C25H20N2O6. The molecule has 33 heavy (non-hydrogen) atoms. The van der Waals surface area contributed by atoms with Crippen LogP contribution in [0.2, 0.25) is 0 Å². The SMILES string of the molecule is COc1ccc(N2C(=O)[C@H]3[C@@H](ON(c4ccccc4)[C@H]3c3ccccc3C(=O)O)C2=O)cc1. The molecule has 2 aliphatic rings. The summed E-state index contributed by atoms with van der Waals surface area (Å²) in [5.41, 5.74) is 1.48. The average molecular weight is 444 g/mol. The lowest BCUT2D eigenvalue weighted by Crippen LogP contribution is -2.37. The van der Waals surface area contributed by atoms with Crippen LogP contribution in [0.25, 0.3) is 0 Å². The molecule has 2 aliphatic heterocycles. The number of aromatic carboxylic acids is 1. The maximum Gasteiger partial charge on any atom is 0.336 e. The van der Waals surface area contributed by atoms with Gasteiger partial charge < -0.3 is 9.84 Å². The van der Waals surface area contributed by atoms with E-state index in [4.69, 9.17) is 9.57 Å². The van der Waals surface area contributed by atoms with Crippen LogP contribution in [0.1, 0.15) is 22.0 Å². The van der Waals surface area contributed by atoms with Gasteiger partial charge in [0.25, 0.3) is 5.91 Å². The predicted octanol–water partition coefficient (Wildman–Crippen LogP) is 3.44. The first kappa shape index (κ1) is 20.7. The number of hydrogen-bond donors (Lipinski definition) is 1. The molecule has 5 rings (SSSR count). The Bertz CT molecular complexity index is 1230. The summed E-state index contributed by atoms with van der Waals surface area (Å²) in [6.45, 7) is 0. The molecule has 0 radical (unpaired) electrons. The van der Waals surface area contributed by atoms with Crippen LogP contribution >= 0.6 is 0 Å². The fourth-order valence-corrected chi connectivity index (χ4v) is 4.46. The number of rotatable bonds is 5. The van der Waals surface area contributed by atoms with Gasteiger partial charge in [0.05, 0.1) is 30.1 Å². The van der Waals surface area contributed by atoms with Crippen LogP contribution < -0.4 is 14.7 Å². The van der Waals surface area contributed by atoms with E-state index >= 15 is 0 Å². The highest BCUT2D eigenvalue weighted by Gasteiger charge is 2.60. The Morgan fingerprint density at radius 2 is 1.55 bits per heavy atom. The van der Waals surface area contributed by atoms with Gasteiger partial charge in [0.1, 0.15) is 11.7 Å². The summed E-state index contributed by atoms with van der Waals surface area (Å²) in [4.78, 5) is 46.1. The van der Waals surface area contributed by atoms with Gasteiger partial charge in [-0.3, -0.25) is 14.4 Å². The predicted molar refractivity (Wildman–Crippen MR) is 119 cm³/mol. The molecule has 2 saturated heterocycles. The van der Waals surface area contributed by atoms with Gasteiger partial charge in [-0.05, 0) is 48.0 Å². The molecule has 0 spiro atoms. The second kappa shape index (κ2) is 8.07. The summed E-state index contributed by atoms with van der Waals surface area (Å²) in [6, 6.07) is 21.3. The lowest BCUT2D eigenvalue weighted by atomic mass is 9.88. The number of anilines is 2. The summed E-state index contributed by atoms with van der Waals surface area (Å²) in [7, 11) is 1.53. The molecule has 8 heteroatoms. The van der Waals surface area contributed by atoms with Gasteiger partial charge in [-0.1, -0.05) is 36.4 Å². The Balaban J connectivity index is 1.61. The number of amides is 2. The Labute approximate surface area is 189 Å². The van der Waals surface area contributed by atoms with Crippen LogP contribution in [-0.4, -0.2) is 36.1 Å². The number of carboxylic acid groups (broad SMARTS) is 1. The van der Waals surface area contributed by atoms with Crippen molar-refractivity contribution in [3.63, 3.8) is 0 Å². The van der Waals surface area contributed by atoms with E-state index in [1.54, 1.807) is 66.7 Å². The fourth-order valence-electron chi connectivity index (χ4n) is 4.46. The Hall–Kier alpha value is -4.17. The smallest absolute Gasteiger partial charge is 0.336 e. The first-order chi connectivity index (χ1) is 16.0. The van der Waals surface area contributed by atoms with Crippen molar-refractivity contribution >= 4 is 29.2 Å². The Morgan fingerprint density at radius 1 is 0.879 bits per heavy atom. The molecule has 2 heterocycles. The van der Waals surface area contributed by atoms with Crippen molar-refractivity contribution in [2.75, 3.05) is 17.1 Å². The van der Waals surface area contributed by atoms with Crippen LogP contribution in [0, 0.1) is 5.92 Å². The lowest BCUT2D eigenvalue weighted by molar-refractivity contribution is -0.126. The van der Waals surface area contributed by atoms with Crippen LogP contribution in [-0.2, 0) is 14.4 Å². The number of hydroxylamine groups is 1. The number of para-hydroxylation sites is 1. The van der Waals surface area contributed by atoms with E-state index in [9.17, 15) is 19.5 Å². The number of imide groups is 1. The van der Waals surface area contributed by atoms with Crippen molar-refractivity contribution < 1.29 is 29.1 Å². The van der Waals surface area contributed by atoms with Crippen molar-refractivity contribution in [1.29, 1.82) is 0 Å². The first-order valence-corrected chi connectivity index (χ1v) is 10.4. The number of nitrogens with zero attached hydrogens (tertiary/aromatic N) is 2. The second-order valence-corrected chi connectivity index (χ2v) is 7.76. The van der Waals surface area contributed by atoms with Gasteiger partial charge in [0.15, 0.2) is 6.10 Å². The van der Waals surface area contributed by atoms with Crippen LogP contribution in [0.3, 0.4) is 0 Å². The van der Waals surface area contributed by atoms with Crippen molar-refractivity contribution in [3.05, 3.63) is 90.0 Å². The molecule has 1 N–H and O–H groups in total. The minimum atomic E-state index is -1.12. The standard InChI is InChI=1S/C25H20N2O6/c1-32-17-13-11-15(12-14-17)26-23(28)20-21(18-9-5-6-10-19(18)25(30)31)27(33-22(20)24(26)29)16-7-3-2-4-8-16/h2-14,20-22H,1H3,(H,30,31)/t20-,21+,22-/m1/s1. The summed E-state index contributed by atoms with van der Waals surface area (Å²) in [5.74, 6) is -2.38. The number of carbonyl (C=O) groups is 3. The van der Waals surface area contributed by atoms with Gasteiger partial charge >= 0.3 is 5.97 Å². The Kier molecular flexibility index (Phi) is 5.07. The average Bonchev–Trinajstić information content (AvgIpc) is 3.35. The number of carboxylic acids is 1. The van der Waals surface area contributed by atoms with Crippen LogP contribution in [0.4, 0.5) is 11.4 Å². The number of hydrogen-bond acceptors (Lipinski definition) is 6. The molecule has 3 aromatic rings. The molecule has 0 aromatic heterocycles. The molecule has 166 valence electrons. The minimum absolute atomic E-state index is 0.0517. The molecule has 8 nitrogen and oxygen atoms in total. The minimum Gasteiger partial charge on any atom is -0.497 e. The fraction of sp³-hybridized carbons (Fsp3) is 0.160. The molecule has 0 aliphatic carbocycles. The van der Waals surface area contributed by atoms with E-state index in [0.29, 0.717) is 22.7 Å². The maximum absolute atomic E-state index is 13.6. The van der Waals surface area contributed by atoms with Crippen molar-refractivity contribution in [2.45, 2.75) is 12.1 Å². The maximum atomic E-state index is 13.6. The lowest BCUT2D eigenvalue weighted by Gasteiger charge is -2.29. The van der Waals surface area contributed by atoms with E-state index in [1.807, 2.05) is 6.07 Å². The van der Waals surface area contributed by atoms with Crippen LogP contribution in [0.5, 0.6) is 5.75 Å².